The standard InChI is InChI=1S/C17H21N3OS2/c1-12-20-15(10-22-12)11-23-16-6-4-13(5-7-16)17(21)19-9-14-3-2-8-18-14/h4-7,10,14,18H,2-3,8-9,11H2,1H3,(H,19,21). The van der Waals surface area contributed by atoms with Crippen LogP contribution < -0.4 is 10.6 Å². The van der Waals surface area contributed by atoms with Gasteiger partial charge in [0, 0.05) is 34.2 Å². The van der Waals surface area contributed by atoms with Crippen LogP contribution in [0.3, 0.4) is 0 Å². The molecule has 4 nitrogen and oxygen atoms in total. The highest BCUT2D eigenvalue weighted by Crippen LogP contribution is 2.23. The summed E-state index contributed by atoms with van der Waals surface area (Å²) in [6.45, 7) is 3.79. The van der Waals surface area contributed by atoms with Gasteiger partial charge in [-0.15, -0.1) is 23.1 Å². The fourth-order valence-corrected chi connectivity index (χ4v) is 4.09. The lowest BCUT2D eigenvalue weighted by atomic mass is 10.2. The van der Waals surface area contributed by atoms with E-state index in [1.807, 2.05) is 31.2 Å². The summed E-state index contributed by atoms with van der Waals surface area (Å²) in [5.41, 5.74) is 1.83. The molecule has 1 amide bonds. The van der Waals surface area contributed by atoms with Gasteiger partial charge in [-0.2, -0.15) is 0 Å². The first-order valence-corrected chi connectivity index (χ1v) is 9.73. The van der Waals surface area contributed by atoms with Crippen molar-refractivity contribution < 1.29 is 4.79 Å². The minimum atomic E-state index is 0.00498. The van der Waals surface area contributed by atoms with Crippen molar-refractivity contribution in [3.63, 3.8) is 0 Å². The monoisotopic (exact) mass is 347 g/mol. The molecule has 3 rings (SSSR count). The maximum atomic E-state index is 12.1. The lowest BCUT2D eigenvalue weighted by Gasteiger charge is -2.11. The highest BCUT2D eigenvalue weighted by Gasteiger charge is 2.15. The zero-order valence-electron chi connectivity index (χ0n) is 13.2. The third-order valence-electron chi connectivity index (χ3n) is 3.84. The Balaban J connectivity index is 1.48. The predicted molar refractivity (Wildman–Crippen MR) is 96.2 cm³/mol. The summed E-state index contributed by atoms with van der Waals surface area (Å²) < 4.78 is 0. The van der Waals surface area contributed by atoms with Crippen molar-refractivity contribution in [3.05, 3.63) is 45.9 Å². The molecule has 1 aromatic heterocycles. The van der Waals surface area contributed by atoms with Gasteiger partial charge in [0.1, 0.15) is 0 Å². The second-order valence-corrected chi connectivity index (χ2v) is 7.79. The highest BCUT2D eigenvalue weighted by atomic mass is 32.2. The molecule has 2 heterocycles. The molecule has 0 saturated carbocycles. The second-order valence-electron chi connectivity index (χ2n) is 5.67. The van der Waals surface area contributed by atoms with Gasteiger partial charge in [-0.3, -0.25) is 4.79 Å². The molecular formula is C17H21N3OS2. The number of thiazole rings is 1. The number of hydrogen-bond donors (Lipinski definition) is 2. The van der Waals surface area contributed by atoms with Crippen LogP contribution in [0, 0.1) is 6.92 Å². The van der Waals surface area contributed by atoms with Crippen molar-refractivity contribution in [2.45, 2.75) is 36.5 Å². The number of thioether (sulfide) groups is 1. The van der Waals surface area contributed by atoms with Crippen LogP contribution in [-0.4, -0.2) is 30.0 Å². The third-order valence-corrected chi connectivity index (χ3v) is 5.71. The van der Waals surface area contributed by atoms with Crippen molar-refractivity contribution in [2.24, 2.45) is 0 Å². The molecule has 1 fully saturated rings. The highest BCUT2D eigenvalue weighted by molar-refractivity contribution is 7.98. The van der Waals surface area contributed by atoms with Gasteiger partial charge < -0.3 is 10.6 Å². The van der Waals surface area contributed by atoms with Crippen molar-refractivity contribution in [1.82, 2.24) is 15.6 Å². The number of benzene rings is 1. The fraction of sp³-hybridized carbons (Fsp3) is 0.412. The van der Waals surface area contributed by atoms with E-state index in [2.05, 4.69) is 21.0 Å². The molecule has 0 radical (unpaired) electrons. The molecule has 1 saturated heterocycles. The Morgan fingerprint density at radius 2 is 2.26 bits per heavy atom. The molecule has 1 aliphatic rings. The quantitative estimate of drug-likeness (QED) is 0.788. The zero-order valence-corrected chi connectivity index (χ0v) is 14.8. The van der Waals surface area contributed by atoms with Crippen molar-refractivity contribution in [3.8, 4) is 0 Å². The van der Waals surface area contributed by atoms with Crippen molar-refractivity contribution in [2.75, 3.05) is 13.1 Å². The second kappa shape index (κ2) is 7.95. The average molecular weight is 348 g/mol. The number of hydrogen-bond acceptors (Lipinski definition) is 5. The minimum absolute atomic E-state index is 0.00498. The van der Waals surface area contributed by atoms with E-state index in [9.17, 15) is 4.79 Å². The number of rotatable bonds is 6. The Morgan fingerprint density at radius 1 is 1.43 bits per heavy atom. The van der Waals surface area contributed by atoms with Crippen LogP contribution in [0.25, 0.3) is 0 Å². The molecule has 0 bridgehead atoms. The number of amides is 1. The summed E-state index contributed by atoms with van der Waals surface area (Å²) >= 11 is 3.42. The number of aromatic nitrogens is 1. The Bertz CT molecular complexity index is 648. The summed E-state index contributed by atoms with van der Waals surface area (Å²) in [7, 11) is 0. The van der Waals surface area contributed by atoms with Crippen LogP contribution in [0.5, 0.6) is 0 Å². The average Bonchev–Trinajstić information content (AvgIpc) is 3.22. The molecule has 1 aromatic carbocycles. The van der Waals surface area contributed by atoms with Gasteiger partial charge in [0.15, 0.2) is 0 Å². The number of nitrogens with zero attached hydrogens (tertiary/aromatic N) is 1. The summed E-state index contributed by atoms with van der Waals surface area (Å²) in [6.07, 6.45) is 2.34. The summed E-state index contributed by atoms with van der Waals surface area (Å²) in [6, 6.07) is 8.23. The molecule has 2 N–H and O–H groups in total. The Hall–Kier alpha value is -1.37. The maximum Gasteiger partial charge on any atom is 0.251 e. The molecule has 0 aliphatic carbocycles. The van der Waals surface area contributed by atoms with Crippen molar-refractivity contribution in [1.29, 1.82) is 0 Å². The molecule has 0 spiro atoms. The topological polar surface area (TPSA) is 54.0 Å². The number of carbonyl (C=O) groups excluding carboxylic acids is 1. The minimum Gasteiger partial charge on any atom is -0.350 e. The van der Waals surface area contributed by atoms with E-state index < -0.39 is 0 Å². The van der Waals surface area contributed by atoms with Gasteiger partial charge in [0.25, 0.3) is 5.91 Å². The van der Waals surface area contributed by atoms with E-state index >= 15 is 0 Å². The lowest BCUT2D eigenvalue weighted by molar-refractivity contribution is 0.0950. The van der Waals surface area contributed by atoms with E-state index in [1.54, 1.807) is 23.1 Å². The number of carbonyl (C=O) groups is 1. The lowest BCUT2D eigenvalue weighted by Crippen LogP contribution is -2.37. The predicted octanol–water partition coefficient (Wildman–Crippen LogP) is 3.23. The molecule has 6 heteroatoms. The maximum absolute atomic E-state index is 12.1. The molecule has 1 atom stereocenters. The van der Waals surface area contributed by atoms with Crippen LogP contribution in [0.4, 0.5) is 0 Å². The SMILES string of the molecule is Cc1nc(CSc2ccc(C(=O)NCC3CCCN3)cc2)cs1. The van der Waals surface area contributed by atoms with Gasteiger partial charge in [-0.1, -0.05) is 0 Å². The molecule has 23 heavy (non-hydrogen) atoms. The first kappa shape index (κ1) is 16.5. The van der Waals surface area contributed by atoms with Crippen LogP contribution >= 0.6 is 23.1 Å². The third kappa shape index (κ3) is 4.80. The first-order valence-electron chi connectivity index (χ1n) is 7.86. The van der Waals surface area contributed by atoms with Crippen LogP contribution in [-0.2, 0) is 5.75 Å². The summed E-state index contributed by atoms with van der Waals surface area (Å²) in [4.78, 5) is 17.8. The van der Waals surface area contributed by atoms with Crippen LogP contribution in [0.2, 0.25) is 0 Å². The Kier molecular flexibility index (Phi) is 5.70. The van der Waals surface area contributed by atoms with E-state index in [0.29, 0.717) is 12.6 Å². The zero-order chi connectivity index (χ0) is 16.1. The molecule has 1 aliphatic heterocycles. The summed E-state index contributed by atoms with van der Waals surface area (Å²) in [5, 5.41) is 9.59. The van der Waals surface area contributed by atoms with E-state index in [0.717, 1.165) is 39.9 Å². The largest absolute Gasteiger partial charge is 0.350 e. The van der Waals surface area contributed by atoms with Crippen LogP contribution in [0.15, 0.2) is 34.5 Å². The Morgan fingerprint density at radius 3 is 2.91 bits per heavy atom. The molecule has 2 aromatic rings. The van der Waals surface area contributed by atoms with E-state index in [-0.39, 0.29) is 5.91 Å². The number of aryl methyl sites for hydroxylation is 1. The van der Waals surface area contributed by atoms with E-state index in [4.69, 9.17) is 0 Å². The molecular weight excluding hydrogens is 326 g/mol. The van der Waals surface area contributed by atoms with Crippen molar-refractivity contribution >= 4 is 29.0 Å². The summed E-state index contributed by atoms with van der Waals surface area (Å²) in [5.74, 6) is 0.869. The number of nitrogens with one attached hydrogen (secondary N) is 2. The molecule has 122 valence electrons. The smallest absolute Gasteiger partial charge is 0.251 e. The Labute approximate surface area is 145 Å². The molecule has 1 unspecified atom stereocenters. The van der Waals surface area contributed by atoms with Gasteiger partial charge in [0.2, 0.25) is 0 Å². The van der Waals surface area contributed by atoms with Gasteiger partial charge in [-0.05, 0) is 50.6 Å². The van der Waals surface area contributed by atoms with E-state index in [1.165, 1.54) is 6.42 Å². The van der Waals surface area contributed by atoms with Crippen LogP contribution in [0.1, 0.15) is 33.9 Å². The normalized spacial score (nSPS) is 17.3. The van der Waals surface area contributed by atoms with Gasteiger partial charge in [0.05, 0.1) is 10.7 Å². The van der Waals surface area contributed by atoms with Gasteiger partial charge >= 0.3 is 0 Å². The fourth-order valence-electron chi connectivity index (χ4n) is 2.58. The first-order chi connectivity index (χ1) is 11.2. The van der Waals surface area contributed by atoms with Gasteiger partial charge in [-0.25, -0.2) is 4.98 Å².